The second kappa shape index (κ2) is 5.17. The Morgan fingerprint density at radius 2 is 2.13 bits per heavy atom. The highest BCUT2D eigenvalue weighted by atomic mass is 16.5. The summed E-state index contributed by atoms with van der Waals surface area (Å²) in [4.78, 5) is 2.14. The lowest BCUT2D eigenvalue weighted by molar-refractivity contribution is 0.161. The van der Waals surface area contributed by atoms with Crippen molar-refractivity contribution in [2.24, 2.45) is 5.92 Å². The Morgan fingerprint density at radius 3 is 2.87 bits per heavy atom. The molecule has 0 saturated carbocycles. The van der Waals surface area contributed by atoms with Gasteiger partial charge in [-0.1, -0.05) is 18.2 Å². The van der Waals surface area contributed by atoms with Gasteiger partial charge in [0.05, 0.1) is 6.61 Å². The van der Waals surface area contributed by atoms with Crippen LogP contribution >= 0.6 is 0 Å². The van der Waals surface area contributed by atoms with Gasteiger partial charge >= 0.3 is 0 Å². The summed E-state index contributed by atoms with van der Waals surface area (Å²) in [6.07, 6.45) is 2.51. The van der Waals surface area contributed by atoms with Gasteiger partial charge in [-0.25, -0.2) is 0 Å². The highest BCUT2D eigenvalue weighted by Crippen LogP contribution is 2.17. The van der Waals surface area contributed by atoms with Crippen LogP contribution in [0.2, 0.25) is 0 Å². The van der Waals surface area contributed by atoms with Crippen molar-refractivity contribution in [2.45, 2.75) is 12.8 Å². The standard InChI is InChI=1S/C13H18NO/c1-14-9-5-6-12(10-14)11-15-13-7-3-2-4-8-13/h2-4,7-8,12H,1,5-6,9-11H2/q-1. The van der Waals surface area contributed by atoms with Crippen LogP contribution in [0.1, 0.15) is 12.8 Å². The molecule has 2 nitrogen and oxygen atoms in total. The average molecular weight is 204 g/mol. The van der Waals surface area contributed by atoms with Gasteiger partial charge in [-0.05, 0) is 38.1 Å². The van der Waals surface area contributed by atoms with Gasteiger partial charge in [-0.3, -0.25) is 7.05 Å². The number of para-hydroxylation sites is 1. The maximum absolute atomic E-state index is 5.74. The molecular weight excluding hydrogens is 186 g/mol. The highest BCUT2D eigenvalue weighted by molar-refractivity contribution is 5.20. The fourth-order valence-electron chi connectivity index (χ4n) is 2.02. The van der Waals surface area contributed by atoms with Crippen LogP contribution < -0.4 is 4.74 Å². The number of benzene rings is 1. The number of hydrogen-bond donors (Lipinski definition) is 0. The lowest BCUT2D eigenvalue weighted by Gasteiger charge is -2.35. The van der Waals surface area contributed by atoms with Crippen LogP contribution in [0, 0.1) is 13.0 Å². The van der Waals surface area contributed by atoms with Gasteiger partial charge in [-0.15, -0.1) is 0 Å². The van der Waals surface area contributed by atoms with E-state index >= 15 is 0 Å². The predicted molar refractivity (Wildman–Crippen MR) is 61.6 cm³/mol. The van der Waals surface area contributed by atoms with Crippen LogP contribution in [0.25, 0.3) is 0 Å². The van der Waals surface area contributed by atoms with Crippen molar-refractivity contribution in [1.82, 2.24) is 4.90 Å². The first-order chi connectivity index (χ1) is 7.34. The molecule has 1 atom stereocenters. The Hall–Kier alpha value is -1.02. The molecule has 0 aromatic heterocycles. The molecule has 0 N–H and O–H groups in total. The van der Waals surface area contributed by atoms with Crippen LogP contribution in [0.3, 0.4) is 0 Å². The topological polar surface area (TPSA) is 12.5 Å². The van der Waals surface area contributed by atoms with E-state index < -0.39 is 0 Å². The Labute approximate surface area is 91.9 Å². The zero-order valence-corrected chi connectivity index (χ0v) is 9.06. The van der Waals surface area contributed by atoms with E-state index in [1.54, 1.807) is 0 Å². The zero-order chi connectivity index (χ0) is 10.5. The summed E-state index contributed by atoms with van der Waals surface area (Å²) in [5.41, 5.74) is 0. The van der Waals surface area contributed by atoms with Crippen molar-refractivity contribution >= 4 is 0 Å². The second-order valence-corrected chi connectivity index (χ2v) is 4.21. The number of likely N-dealkylation sites (tertiary alicyclic amines) is 1. The van der Waals surface area contributed by atoms with E-state index in [0.717, 1.165) is 25.4 Å². The van der Waals surface area contributed by atoms with E-state index in [9.17, 15) is 0 Å². The molecule has 0 amide bonds. The Morgan fingerprint density at radius 1 is 1.33 bits per heavy atom. The molecule has 0 radical (unpaired) electrons. The van der Waals surface area contributed by atoms with Gasteiger partial charge in [0.1, 0.15) is 5.75 Å². The lowest BCUT2D eigenvalue weighted by atomic mass is 10.00. The number of hydrogen-bond acceptors (Lipinski definition) is 2. The van der Waals surface area contributed by atoms with Gasteiger partial charge in [0.15, 0.2) is 0 Å². The van der Waals surface area contributed by atoms with E-state index in [1.165, 1.54) is 12.8 Å². The molecule has 1 saturated heterocycles. The van der Waals surface area contributed by atoms with Crippen molar-refractivity contribution in [3.8, 4) is 5.75 Å². The smallest absolute Gasteiger partial charge is 0.119 e. The maximum atomic E-state index is 5.74. The minimum absolute atomic E-state index is 0.636. The molecule has 1 unspecified atom stereocenters. The third-order valence-corrected chi connectivity index (χ3v) is 2.83. The molecule has 1 aliphatic rings. The number of nitrogens with zero attached hydrogens (tertiary/aromatic N) is 1. The fraction of sp³-hybridized carbons (Fsp3) is 0.462. The van der Waals surface area contributed by atoms with Crippen molar-refractivity contribution in [2.75, 3.05) is 19.7 Å². The monoisotopic (exact) mass is 204 g/mol. The molecule has 1 fully saturated rings. The number of piperidine rings is 1. The maximum Gasteiger partial charge on any atom is 0.119 e. The molecule has 0 aliphatic carbocycles. The van der Waals surface area contributed by atoms with Gasteiger partial charge < -0.3 is 9.64 Å². The molecule has 1 heterocycles. The van der Waals surface area contributed by atoms with Crippen LogP contribution in [0.15, 0.2) is 30.3 Å². The first-order valence-electron chi connectivity index (χ1n) is 5.58. The van der Waals surface area contributed by atoms with Crippen LogP contribution in [-0.2, 0) is 0 Å². The summed E-state index contributed by atoms with van der Waals surface area (Å²) < 4.78 is 5.74. The van der Waals surface area contributed by atoms with E-state index in [4.69, 9.17) is 4.74 Å². The zero-order valence-electron chi connectivity index (χ0n) is 9.06. The second-order valence-electron chi connectivity index (χ2n) is 4.21. The summed E-state index contributed by atoms with van der Waals surface area (Å²) in [6, 6.07) is 10.0. The van der Waals surface area contributed by atoms with Gasteiger partial charge in [-0.2, -0.15) is 0 Å². The molecule has 1 aromatic rings. The lowest BCUT2D eigenvalue weighted by Crippen LogP contribution is -2.33. The van der Waals surface area contributed by atoms with E-state index in [-0.39, 0.29) is 0 Å². The van der Waals surface area contributed by atoms with Crippen molar-refractivity contribution in [1.29, 1.82) is 0 Å². The van der Waals surface area contributed by atoms with Crippen molar-refractivity contribution in [3.05, 3.63) is 37.4 Å². The Kier molecular flexibility index (Phi) is 3.62. The summed E-state index contributed by atoms with van der Waals surface area (Å²) >= 11 is 0. The Bertz CT molecular complexity index is 286. The molecular formula is C13H18NO-. The first kappa shape index (κ1) is 10.5. The highest BCUT2D eigenvalue weighted by Gasteiger charge is 2.14. The number of rotatable bonds is 3. The summed E-state index contributed by atoms with van der Waals surface area (Å²) in [5.74, 6) is 1.61. The number of ether oxygens (including phenoxy) is 1. The van der Waals surface area contributed by atoms with Crippen molar-refractivity contribution < 1.29 is 4.74 Å². The molecule has 0 bridgehead atoms. The SMILES string of the molecule is [CH2-]N1CCCC(COc2ccccc2)C1. The van der Waals surface area contributed by atoms with E-state index in [1.807, 2.05) is 30.3 Å². The van der Waals surface area contributed by atoms with Crippen LogP contribution in [-0.4, -0.2) is 24.6 Å². The fourth-order valence-corrected chi connectivity index (χ4v) is 2.02. The summed E-state index contributed by atoms with van der Waals surface area (Å²) in [6.45, 7) is 3.00. The molecule has 15 heavy (non-hydrogen) atoms. The van der Waals surface area contributed by atoms with E-state index in [2.05, 4.69) is 11.9 Å². The quantitative estimate of drug-likeness (QED) is 0.702. The van der Waals surface area contributed by atoms with Crippen molar-refractivity contribution in [3.63, 3.8) is 0 Å². The van der Waals surface area contributed by atoms with Crippen LogP contribution in [0.5, 0.6) is 5.75 Å². The van der Waals surface area contributed by atoms with E-state index in [0.29, 0.717) is 5.92 Å². The van der Waals surface area contributed by atoms with Gasteiger partial charge in [0, 0.05) is 5.92 Å². The minimum Gasteiger partial charge on any atom is -0.493 e. The van der Waals surface area contributed by atoms with Gasteiger partial charge in [0.2, 0.25) is 0 Å². The Balaban J connectivity index is 1.78. The molecule has 82 valence electrons. The molecule has 2 heteroatoms. The predicted octanol–water partition coefficient (Wildman–Crippen LogP) is 2.57. The largest absolute Gasteiger partial charge is 0.493 e. The molecule has 1 aromatic carbocycles. The first-order valence-corrected chi connectivity index (χ1v) is 5.58. The molecule has 1 aliphatic heterocycles. The normalized spacial score (nSPS) is 22.6. The third kappa shape index (κ3) is 3.24. The third-order valence-electron chi connectivity index (χ3n) is 2.83. The van der Waals surface area contributed by atoms with Crippen LogP contribution in [0.4, 0.5) is 0 Å². The minimum atomic E-state index is 0.636. The van der Waals surface area contributed by atoms with Gasteiger partial charge in [0.25, 0.3) is 0 Å². The molecule has 0 spiro atoms. The molecule has 2 rings (SSSR count). The summed E-state index contributed by atoms with van der Waals surface area (Å²) in [5, 5.41) is 0. The average Bonchev–Trinajstić information content (AvgIpc) is 2.28. The summed E-state index contributed by atoms with van der Waals surface area (Å²) in [7, 11) is 3.98.